The number of nitrogens with zero attached hydrogens (tertiary/aromatic N) is 6. The van der Waals surface area contributed by atoms with Gasteiger partial charge in [0.25, 0.3) is 0 Å². The van der Waals surface area contributed by atoms with Crippen molar-refractivity contribution in [3.8, 4) is 11.6 Å². The largest absolute Gasteiger partial charge is 0.474 e. The molecular weight excluding hydrogens is 484 g/mol. The average molecular weight is 517 g/mol. The molecule has 1 fully saturated rings. The van der Waals surface area contributed by atoms with Crippen molar-refractivity contribution in [2.24, 2.45) is 0 Å². The van der Waals surface area contributed by atoms with Crippen molar-refractivity contribution in [3.05, 3.63) is 30.7 Å². The summed E-state index contributed by atoms with van der Waals surface area (Å²) in [6.45, 7) is 3.62. The summed E-state index contributed by atoms with van der Waals surface area (Å²) in [6.07, 6.45) is 7.06. The van der Waals surface area contributed by atoms with Gasteiger partial charge in [-0.15, -0.1) is 0 Å². The highest BCUT2D eigenvalue weighted by Gasteiger charge is 2.26. The number of aromatic nitrogens is 4. The summed E-state index contributed by atoms with van der Waals surface area (Å²) in [6, 6.07) is 4.90. The lowest BCUT2D eigenvalue weighted by Gasteiger charge is -2.31. The molecule has 11 nitrogen and oxygen atoms in total. The van der Waals surface area contributed by atoms with E-state index in [9.17, 15) is 13.2 Å². The number of likely N-dealkylation sites (tertiary alicyclic amines) is 1. The number of sulfone groups is 1. The minimum absolute atomic E-state index is 0.0995. The number of fused-ring (bicyclic) bond motifs is 1. The molecule has 1 amide bonds. The number of amides is 1. The molecule has 194 valence electrons. The molecule has 0 N–H and O–H groups in total. The van der Waals surface area contributed by atoms with Crippen LogP contribution in [0.3, 0.4) is 0 Å². The lowest BCUT2D eigenvalue weighted by molar-refractivity contribution is 0.0661. The molecule has 0 aliphatic carbocycles. The number of hydrogen-bond acceptors (Lipinski definition) is 9. The Kier molecular flexibility index (Phi) is 7.62. The summed E-state index contributed by atoms with van der Waals surface area (Å²) < 4.78 is 37.3. The molecule has 3 heterocycles. The van der Waals surface area contributed by atoms with Crippen LogP contribution in [0.4, 0.5) is 10.5 Å². The first-order valence-corrected chi connectivity index (χ1v) is 13.9. The number of benzene rings is 1. The quantitative estimate of drug-likeness (QED) is 0.416. The van der Waals surface area contributed by atoms with Gasteiger partial charge in [0.2, 0.25) is 5.88 Å². The molecule has 36 heavy (non-hydrogen) atoms. The summed E-state index contributed by atoms with van der Waals surface area (Å²) in [5.41, 5.74) is 1.91. The van der Waals surface area contributed by atoms with Gasteiger partial charge in [-0.25, -0.2) is 27.9 Å². The van der Waals surface area contributed by atoms with Gasteiger partial charge in [0.15, 0.2) is 15.5 Å². The van der Waals surface area contributed by atoms with Crippen LogP contribution < -0.4 is 9.64 Å². The molecule has 1 aliphatic rings. The second kappa shape index (κ2) is 10.7. The van der Waals surface area contributed by atoms with Crippen molar-refractivity contribution in [2.45, 2.75) is 43.6 Å². The van der Waals surface area contributed by atoms with E-state index in [0.29, 0.717) is 60.8 Å². The molecule has 0 atom stereocenters. The first-order chi connectivity index (χ1) is 17.2. The number of piperidine rings is 1. The van der Waals surface area contributed by atoms with Gasteiger partial charge in [0.1, 0.15) is 17.8 Å². The van der Waals surface area contributed by atoms with E-state index >= 15 is 0 Å². The van der Waals surface area contributed by atoms with Crippen molar-refractivity contribution in [1.82, 2.24) is 24.6 Å². The molecule has 1 saturated heterocycles. The standard InChI is InChI=1S/C24H32N6O5S/c1-5-6-13-34-24(31)29-11-9-17(10-12-29)35-23-19-15-27-30(22(19)25-16-26-23)20-8-7-18(36(4,32)33)14-21(20)28(2)3/h7-8,14-17H,5-6,9-13H2,1-4H3. The molecule has 0 spiro atoms. The fraction of sp³-hybridized carbons (Fsp3) is 0.500. The second-order valence-corrected chi connectivity index (χ2v) is 11.1. The van der Waals surface area contributed by atoms with Crippen LogP contribution >= 0.6 is 0 Å². The van der Waals surface area contributed by atoms with Crippen molar-refractivity contribution in [3.63, 3.8) is 0 Å². The zero-order chi connectivity index (χ0) is 25.9. The Hall–Kier alpha value is -3.41. The van der Waals surface area contributed by atoms with Gasteiger partial charge in [-0.2, -0.15) is 5.10 Å². The van der Waals surface area contributed by atoms with E-state index in [1.807, 2.05) is 19.0 Å². The van der Waals surface area contributed by atoms with Gasteiger partial charge in [0.05, 0.1) is 29.1 Å². The Bertz CT molecular complexity index is 1330. The van der Waals surface area contributed by atoms with Gasteiger partial charge in [-0.3, -0.25) is 0 Å². The van der Waals surface area contributed by atoms with E-state index in [4.69, 9.17) is 9.47 Å². The Balaban J connectivity index is 1.53. The number of rotatable bonds is 8. The maximum atomic E-state index is 12.2. The smallest absolute Gasteiger partial charge is 0.409 e. The van der Waals surface area contributed by atoms with Crippen LogP contribution in [-0.2, 0) is 14.6 Å². The fourth-order valence-corrected chi connectivity index (χ4v) is 4.71. The average Bonchev–Trinajstić information content (AvgIpc) is 3.28. The van der Waals surface area contributed by atoms with Crippen LogP contribution in [-0.4, -0.2) is 85.3 Å². The number of unbranched alkanes of at least 4 members (excludes halogenated alkanes) is 1. The van der Waals surface area contributed by atoms with Crippen LogP contribution in [0.5, 0.6) is 5.88 Å². The highest BCUT2D eigenvalue weighted by Crippen LogP contribution is 2.31. The Morgan fingerprint density at radius 3 is 2.61 bits per heavy atom. The van der Waals surface area contributed by atoms with Gasteiger partial charge in [0, 0.05) is 46.3 Å². The topological polar surface area (TPSA) is 120 Å². The zero-order valence-corrected chi connectivity index (χ0v) is 21.9. The molecule has 1 aliphatic heterocycles. The number of anilines is 1. The zero-order valence-electron chi connectivity index (χ0n) is 21.0. The molecule has 0 unspecified atom stereocenters. The first-order valence-electron chi connectivity index (χ1n) is 12.0. The molecule has 0 bridgehead atoms. The maximum absolute atomic E-state index is 12.2. The molecule has 4 rings (SSSR count). The van der Waals surface area contributed by atoms with E-state index in [1.165, 1.54) is 12.6 Å². The monoisotopic (exact) mass is 516 g/mol. The minimum atomic E-state index is -3.36. The van der Waals surface area contributed by atoms with E-state index in [-0.39, 0.29) is 17.1 Å². The predicted molar refractivity (Wildman–Crippen MR) is 136 cm³/mol. The maximum Gasteiger partial charge on any atom is 0.409 e. The summed E-state index contributed by atoms with van der Waals surface area (Å²) in [4.78, 5) is 24.7. The van der Waals surface area contributed by atoms with E-state index in [1.54, 1.807) is 34.0 Å². The van der Waals surface area contributed by atoms with Gasteiger partial charge >= 0.3 is 6.09 Å². The fourth-order valence-electron chi connectivity index (χ4n) is 4.07. The van der Waals surface area contributed by atoms with E-state index in [0.717, 1.165) is 12.8 Å². The lowest BCUT2D eigenvalue weighted by Crippen LogP contribution is -2.42. The van der Waals surface area contributed by atoms with Crippen molar-refractivity contribution >= 4 is 32.7 Å². The van der Waals surface area contributed by atoms with Crippen LogP contribution in [0.1, 0.15) is 32.6 Å². The summed E-state index contributed by atoms with van der Waals surface area (Å²) in [5.74, 6) is 0.425. The van der Waals surface area contributed by atoms with Crippen LogP contribution in [0.2, 0.25) is 0 Å². The lowest BCUT2D eigenvalue weighted by atomic mass is 10.1. The molecule has 0 radical (unpaired) electrons. The third kappa shape index (κ3) is 5.53. The van der Waals surface area contributed by atoms with Crippen molar-refractivity contribution in [2.75, 3.05) is 44.9 Å². The van der Waals surface area contributed by atoms with Gasteiger partial charge < -0.3 is 19.3 Å². The summed E-state index contributed by atoms with van der Waals surface area (Å²) in [5, 5.41) is 5.16. The Morgan fingerprint density at radius 2 is 1.94 bits per heavy atom. The summed E-state index contributed by atoms with van der Waals surface area (Å²) >= 11 is 0. The van der Waals surface area contributed by atoms with Crippen LogP contribution in [0.25, 0.3) is 16.7 Å². The third-order valence-electron chi connectivity index (χ3n) is 6.12. The van der Waals surface area contributed by atoms with Crippen molar-refractivity contribution in [1.29, 1.82) is 0 Å². The predicted octanol–water partition coefficient (Wildman–Crippen LogP) is 3.06. The molecular formula is C24H32N6O5S. The Labute approximate surface area is 210 Å². The first kappa shape index (κ1) is 25.7. The Morgan fingerprint density at radius 1 is 1.19 bits per heavy atom. The van der Waals surface area contributed by atoms with E-state index in [2.05, 4.69) is 22.0 Å². The third-order valence-corrected chi connectivity index (χ3v) is 7.23. The normalized spacial score (nSPS) is 14.7. The van der Waals surface area contributed by atoms with Gasteiger partial charge in [-0.1, -0.05) is 13.3 Å². The molecule has 12 heteroatoms. The number of carbonyl (C=O) groups excluding carboxylic acids is 1. The highest BCUT2D eigenvalue weighted by molar-refractivity contribution is 7.90. The molecule has 3 aromatic rings. The van der Waals surface area contributed by atoms with Crippen molar-refractivity contribution < 1.29 is 22.7 Å². The number of hydrogen-bond donors (Lipinski definition) is 0. The summed E-state index contributed by atoms with van der Waals surface area (Å²) in [7, 11) is 0.319. The van der Waals surface area contributed by atoms with E-state index < -0.39 is 9.84 Å². The SMILES string of the molecule is CCCCOC(=O)N1CCC(Oc2ncnc3c2cnn3-c2ccc(S(C)(=O)=O)cc2N(C)C)CC1. The molecule has 2 aromatic heterocycles. The minimum Gasteiger partial charge on any atom is -0.474 e. The second-order valence-electron chi connectivity index (χ2n) is 9.06. The highest BCUT2D eigenvalue weighted by atomic mass is 32.2. The molecule has 0 saturated carbocycles. The number of carbonyl (C=O) groups is 1. The number of ether oxygens (including phenoxy) is 2. The van der Waals surface area contributed by atoms with Crippen LogP contribution in [0, 0.1) is 0 Å². The van der Waals surface area contributed by atoms with Gasteiger partial charge in [-0.05, 0) is 24.6 Å². The molecule has 1 aromatic carbocycles. The van der Waals surface area contributed by atoms with Crippen LogP contribution in [0.15, 0.2) is 35.6 Å².